The van der Waals surface area contributed by atoms with Crippen molar-refractivity contribution in [2.75, 3.05) is 7.11 Å². The summed E-state index contributed by atoms with van der Waals surface area (Å²) in [7, 11) is -2.75. The Balaban J connectivity index is 3.68. The van der Waals surface area contributed by atoms with Crippen LogP contribution in [0.15, 0.2) is 11.0 Å². The van der Waals surface area contributed by atoms with Gasteiger partial charge >= 0.3 is 0 Å². The number of halogens is 3. The highest BCUT2D eigenvalue weighted by molar-refractivity contribution is 14.1. The van der Waals surface area contributed by atoms with Crippen molar-refractivity contribution in [3.05, 3.63) is 16.8 Å². The number of hydrogen-bond donors (Lipinski definition) is 1. The van der Waals surface area contributed by atoms with Gasteiger partial charge in [0.15, 0.2) is 0 Å². The molecule has 15 heavy (non-hydrogen) atoms. The molecule has 0 radical (unpaired) electrons. The molecule has 0 saturated carbocycles. The maximum atomic E-state index is 11.1. The summed E-state index contributed by atoms with van der Waals surface area (Å²) >= 11 is 5.75. The van der Waals surface area contributed by atoms with Gasteiger partial charge in [0, 0.05) is 3.57 Å². The Hall–Kier alpha value is 1.12. The van der Waals surface area contributed by atoms with E-state index in [2.05, 4.69) is 0 Å². The molecule has 0 saturated heterocycles. The average Bonchev–Trinajstić information content (AvgIpc) is 2.00. The van der Waals surface area contributed by atoms with E-state index in [-0.39, 0.29) is 4.90 Å². The molecule has 1 rings (SSSR count). The van der Waals surface area contributed by atoms with Gasteiger partial charge in [0.25, 0.3) is 10.1 Å². The summed E-state index contributed by atoms with van der Waals surface area (Å²) in [6.07, 6.45) is 0. The third kappa shape index (κ3) is 3.07. The number of rotatable bonds is 2. The first-order chi connectivity index (χ1) is 6.79. The van der Waals surface area contributed by atoms with Crippen molar-refractivity contribution < 1.29 is 17.7 Å². The van der Waals surface area contributed by atoms with Gasteiger partial charge in [0.2, 0.25) is 0 Å². The van der Waals surface area contributed by atoms with E-state index < -0.39 is 10.1 Å². The van der Waals surface area contributed by atoms with Crippen LogP contribution >= 0.6 is 67.8 Å². The zero-order chi connectivity index (χ0) is 11.8. The zero-order valence-electron chi connectivity index (χ0n) is 7.29. The molecule has 0 heterocycles. The number of ether oxygens (including phenoxy) is 1. The molecule has 0 aliphatic rings. The van der Waals surface area contributed by atoms with Gasteiger partial charge in [-0.1, -0.05) is 0 Å². The van der Waals surface area contributed by atoms with Crippen molar-refractivity contribution in [2.45, 2.75) is 4.90 Å². The molecule has 0 aliphatic carbocycles. The fourth-order valence-corrected chi connectivity index (χ4v) is 7.08. The molecule has 0 atom stereocenters. The standard InChI is InChI=1S/C7H5I3O4S/c1-14-6-3(8)2-4(9)7(5(6)10)15(11,12)13/h2H,1H3,(H,11,12,13). The lowest BCUT2D eigenvalue weighted by Crippen LogP contribution is -2.06. The fourth-order valence-electron chi connectivity index (χ4n) is 0.979. The molecule has 1 aromatic rings. The van der Waals surface area contributed by atoms with Gasteiger partial charge in [0.1, 0.15) is 10.6 Å². The lowest BCUT2D eigenvalue weighted by atomic mass is 10.3. The molecular weight excluding hydrogens is 561 g/mol. The van der Waals surface area contributed by atoms with Crippen molar-refractivity contribution in [3.63, 3.8) is 0 Å². The third-order valence-electron chi connectivity index (χ3n) is 1.55. The van der Waals surface area contributed by atoms with Crippen LogP contribution in [-0.2, 0) is 10.1 Å². The molecule has 8 heteroatoms. The van der Waals surface area contributed by atoms with Crippen LogP contribution in [0.1, 0.15) is 0 Å². The van der Waals surface area contributed by atoms with Crippen molar-refractivity contribution in [1.29, 1.82) is 0 Å². The summed E-state index contributed by atoms with van der Waals surface area (Å²) in [5, 5.41) is 0. The lowest BCUT2D eigenvalue weighted by Gasteiger charge is -2.11. The number of methoxy groups -OCH3 is 1. The van der Waals surface area contributed by atoms with E-state index in [0.29, 0.717) is 12.9 Å². The summed E-state index contributed by atoms with van der Waals surface area (Å²) in [6.45, 7) is 0. The van der Waals surface area contributed by atoms with Gasteiger partial charge < -0.3 is 4.74 Å². The van der Waals surface area contributed by atoms with Crippen LogP contribution < -0.4 is 4.74 Å². The molecular formula is C7H5I3O4S. The van der Waals surface area contributed by atoms with Crippen LogP contribution in [-0.4, -0.2) is 20.1 Å². The average molecular weight is 566 g/mol. The first kappa shape index (κ1) is 14.2. The second kappa shape index (κ2) is 5.18. The Bertz CT molecular complexity index is 497. The molecule has 0 unspecified atom stereocenters. The Morgan fingerprint density at radius 1 is 1.27 bits per heavy atom. The van der Waals surface area contributed by atoms with Crippen molar-refractivity contribution in [2.24, 2.45) is 0 Å². The molecule has 1 N–H and O–H groups in total. The summed E-state index contributed by atoms with van der Waals surface area (Å²) in [6, 6.07) is 1.64. The summed E-state index contributed by atoms with van der Waals surface area (Å²) in [4.78, 5) is -0.0963. The maximum Gasteiger partial charge on any atom is 0.296 e. The van der Waals surface area contributed by atoms with E-state index in [9.17, 15) is 8.42 Å². The van der Waals surface area contributed by atoms with Crippen LogP contribution in [0.4, 0.5) is 0 Å². The lowest BCUT2D eigenvalue weighted by molar-refractivity contribution is 0.405. The first-order valence-electron chi connectivity index (χ1n) is 3.48. The summed E-state index contributed by atoms with van der Waals surface area (Å²) in [5.41, 5.74) is 0. The maximum absolute atomic E-state index is 11.1. The first-order valence-corrected chi connectivity index (χ1v) is 8.15. The Kier molecular flexibility index (Phi) is 4.90. The van der Waals surface area contributed by atoms with E-state index in [0.717, 1.165) is 3.57 Å². The SMILES string of the molecule is COc1c(I)cc(I)c(S(=O)(=O)O)c1I. The van der Waals surface area contributed by atoms with E-state index in [1.54, 1.807) is 6.07 Å². The van der Waals surface area contributed by atoms with Crippen molar-refractivity contribution in [3.8, 4) is 5.75 Å². The van der Waals surface area contributed by atoms with Gasteiger partial charge in [-0.05, 0) is 73.8 Å². The quantitative estimate of drug-likeness (QED) is 0.443. The number of benzene rings is 1. The minimum absolute atomic E-state index is 0.0963. The highest BCUT2D eigenvalue weighted by Crippen LogP contribution is 2.35. The van der Waals surface area contributed by atoms with Gasteiger partial charge in [-0.25, -0.2) is 0 Å². The van der Waals surface area contributed by atoms with Crippen LogP contribution in [0.2, 0.25) is 0 Å². The third-order valence-corrected chi connectivity index (χ3v) is 5.90. The van der Waals surface area contributed by atoms with E-state index in [4.69, 9.17) is 9.29 Å². The molecule has 0 aromatic heterocycles. The van der Waals surface area contributed by atoms with Gasteiger partial charge in [-0.15, -0.1) is 0 Å². The van der Waals surface area contributed by atoms with Crippen LogP contribution in [0, 0.1) is 10.7 Å². The normalized spacial score (nSPS) is 11.5. The van der Waals surface area contributed by atoms with Crippen molar-refractivity contribution in [1.82, 2.24) is 0 Å². The molecule has 1 aromatic carbocycles. The molecule has 4 nitrogen and oxygen atoms in total. The van der Waals surface area contributed by atoms with Crippen LogP contribution in [0.3, 0.4) is 0 Å². The predicted octanol–water partition coefficient (Wildman–Crippen LogP) is 2.76. The van der Waals surface area contributed by atoms with E-state index >= 15 is 0 Å². The van der Waals surface area contributed by atoms with E-state index in [1.807, 2.05) is 67.8 Å². The largest absolute Gasteiger partial charge is 0.494 e. The minimum Gasteiger partial charge on any atom is -0.494 e. The molecule has 0 bridgehead atoms. The van der Waals surface area contributed by atoms with Gasteiger partial charge in [-0.3, -0.25) is 4.55 Å². The Morgan fingerprint density at radius 3 is 2.20 bits per heavy atom. The van der Waals surface area contributed by atoms with Crippen LogP contribution in [0.25, 0.3) is 0 Å². The molecule has 84 valence electrons. The molecule has 0 aliphatic heterocycles. The predicted molar refractivity (Wildman–Crippen MR) is 81.0 cm³/mol. The number of hydrogen-bond acceptors (Lipinski definition) is 3. The van der Waals surface area contributed by atoms with Crippen molar-refractivity contribution >= 4 is 77.9 Å². The zero-order valence-corrected chi connectivity index (χ0v) is 14.6. The smallest absolute Gasteiger partial charge is 0.296 e. The summed E-state index contributed by atoms with van der Waals surface area (Å²) < 4.78 is 38.1. The monoisotopic (exact) mass is 566 g/mol. The molecule has 0 spiro atoms. The second-order valence-corrected chi connectivity index (χ2v) is 7.25. The topological polar surface area (TPSA) is 63.6 Å². The second-order valence-electron chi connectivity index (χ2n) is 2.49. The van der Waals surface area contributed by atoms with Gasteiger partial charge in [0.05, 0.1) is 14.3 Å². The highest BCUT2D eigenvalue weighted by atomic mass is 127. The Morgan fingerprint density at radius 2 is 1.80 bits per heavy atom. The molecule has 0 fully saturated rings. The minimum atomic E-state index is -4.21. The van der Waals surface area contributed by atoms with E-state index in [1.165, 1.54) is 7.11 Å². The fraction of sp³-hybridized carbons (Fsp3) is 0.143. The van der Waals surface area contributed by atoms with Crippen LogP contribution in [0.5, 0.6) is 5.75 Å². The molecule has 0 amide bonds. The summed E-state index contributed by atoms with van der Waals surface area (Å²) in [5.74, 6) is 0.462. The highest BCUT2D eigenvalue weighted by Gasteiger charge is 2.23. The van der Waals surface area contributed by atoms with Gasteiger partial charge in [-0.2, -0.15) is 8.42 Å². The Labute approximate surface area is 128 Å².